The molecule has 0 spiro atoms. The highest BCUT2D eigenvalue weighted by Gasteiger charge is 2.29. The summed E-state index contributed by atoms with van der Waals surface area (Å²) in [5.74, 6) is 0.720. The summed E-state index contributed by atoms with van der Waals surface area (Å²) in [5.41, 5.74) is 1.67. The van der Waals surface area contributed by atoms with Gasteiger partial charge in [0.15, 0.2) is 5.52 Å². The molecule has 1 saturated heterocycles. The number of sulfonamides is 1. The second kappa shape index (κ2) is 12.5. The van der Waals surface area contributed by atoms with Crippen LogP contribution in [0.15, 0.2) is 46.3 Å². The Balaban J connectivity index is 1.57. The number of nitrogens with one attached hydrogen (secondary N) is 1. The van der Waals surface area contributed by atoms with Crippen LogP contribution in [0.4, 0.5) is 0 Å². The van der Waals surface area contributed by atoms with Gasteiger partial charge in [-0.3, -0.25) is 14.2 Å². The van der Waals surface area contributed by atoms with E-state index in [9.17, 15) is 13.2 Å². The van der Waals surface area contributed by atoms with Crippen molar-refractivity contribution in [3.05, 3.63) is 52.7 Å². The second-order valence-electron chi connectivity index (χ2n) is 10.1. The number of fused-ring (bicyclic) bond motifs is 1. The fourth-order valence-electron chi connectivity index (χ4n) is 5.12. The smallest absolute Gasteiger partial charge is 0.279 e. The van der Waals surface area contributed by atoms with Crippen molar-refractivity contribution in [1.82, 2.24) is 38.7 Å². The molecular weight excluding hydrogens is 544 g/mol. The first-order chi connectivity index (χ1) is 19.8. The van der Waals surface area contributed by atoms with Crippen LogP contribution < -0.4 is 10.3 Å². The van der Waals surface area contributed by atoms with Crippen LogP contribution in [-0.2, 0) is 29.5 Å². The molecule has 0 amide bonds. The molecule has 1 N–H and O–H groups in total. The summed E-state index contributed by atoms with van der Waals surface area (Å²) in [4.78, 5) is 23.4. The Kier molecular flexibility index (Phi) is 8.85. The van der Waals surface area contributed by atoms with E-state index in [0.29, 0.717) is 69.1 Å². The summed E-state index contributed by atoms with van der Waals surface area (Å²) in [7, 11) is -3.75. The maximum atomic E-state index is 13.6. The van der Waals surface area contributed by atoms with E-state index in [4.69, 9.17) is 9.72 Å². The van der Waals surface area contributed by atoms with Crippen molar-refractivity contribution in [1.29, 1.82) is 0 Å². The van der Waals surface area contributed by atoms with Gasteiger partial charge in [-0.05, 0) is 43.7 Å². The van der Waals surface area contributed by atoms with Crippen molar-refractivity contribution in [2.45, 2.75) is 58.0 Å². The maximum Gasteiger partial charge on any atom is 0.279 e. The first-order valence-electron chi connectivity index (χ1n) is 14.3. The van der Waals surface area contributed by atoms with Gasteiger partial charge in [-0.25, -0.2) is 13.4 Å². The molecule has 41 heavy (non-hydrogen) atoms. The van der Waals surface area contributed by atoms with Crippen LogP contribution >= 0.6 is 0 Å². The molecule has 1 aromatic carbocycles. The Morgan fingerprint density at radius 2 is 1.83 bits per heavy atom. The molecular formula is C28H38N8O4S. The van der Waals surface area contributed by atoms with Gasteiger partial charge in [0.05, 0.1) is 35.8 Å². The Hall–Kier alpha value is -3.55. The van der Waals surface area contributed by atoms with Gasteiger partial charge >= 0.3 is 0 Å². The highest BCUT2D eigenvalue weighted by molar-refractivity contribution is 7.89. The molecule has 1 aliphatic rings. The minimum atomic E-state index is -3.75. The molecule has 3 aromatic heterocycles. The SMILES string of the molecule is CCCOc1ccc(S(=O)(=O)N2CCN(CC)CC2)cc1-c1nc2c(CCC)n(CCn3cccn3)nc2c(=O)[nH]1. The number of ether oxygens (including phenoxy) is 1. The minimum absolute atomic E-state index is 0.146. The normalized spacial score (nSPS) is 15.1. The average molecular weight is 583 g/mol. The summed E-state index contributed by atoms with van der Waals surface area (Å²) in [5, 5.41) is 8.86. The number of piperazine rings is 1. The number of aromatic amines is 1. The number of benzene rings is 1. The lowest BCUT2D eigenvalue weighted by Crippen LogP contribution is -2.48. The minimum Gasteiger partial charge on any atom is -0.493 e. The topological polar surface area (TPSA) is 131 Å². The molecule has 4 heterocycles. The number of hydrogen-bond donors (Lipinski definition) is 1. The van der Waals surface area contributed by atoms with Gasteiger partial charge < -0.3 is 14.6 Å². The standard InChI is InChI=1S/C28H38N8O4S/c1-4-8-23-25-26(32-36(23)18-15-34-12-7-11-29-34)28(37)31-27(30-25)22-20-21(9-10-24(22)40-19-5-2)41(38,39)35-16-13-33(6-3)14-17-35/h7,9-12,20H,4-6,8,13-19H2,1-3H3,(H,30,31,37). The molecule has 0 radical (unpaired) electrons. The van der Waals surface area contributed by atoms with Gasteiger partial charge in [-0.15, -0.1) is 0 Å². The van der Waals surface area contributed by atoms with Crippen molar-refractivity contribution >= 4 is 21.1 Å². The summed E-state index contributed by atoms with van der Waals surface area (Å²) in [6.07, 6.45) is 5.91. The van der Waals surface area contributed by atoms with Gasteiger partial charge in [-0.2, -0.15) is 14.5 Å². The quantitative estimate of drug-likeness (QED) is 0.270. The van der Waals surface area contributed by atoms with Crippen LogP contribution in [0.5, 0.6) is 5.75 Å². The van der Waals surface area contributed by atoms with E-state index >= 15 is 0 Å². The lowest BCUT2D eigenvalue weighted by atomic mass is 10.1. The van der Waals surface area contributed by atoms with Crippen molar-refractivity contribution in [2.75, 3.05) is 39.3 Å². The Labute approximate surface area is 240 Å². The van der Waals surface area contributed by atoms with Crippen LogP contribution in [-0.4, -0.2) is 86.5 Å². The number of nitrogens with zero attached hydrogens (tertiary/aromatic N) is 7. The molecule has 0 unspecified atom stereocenters. The first kappa shape index (κ1) is 29.0. The largest absolute Gasteiger partial charge is 0.493 e. The monoisotopic (exact) mass is 582 g/mol. The Morgan fingerprint density at radius 1 is 1.02 bits per heavy atom. The fraction of sp³-hybridized carbons (Fsp3) is 0.500. The van der Waals surface area contributed by atoms with Crippen LogP contribution in [0.2, 0.25) is 0 Å². The number of aryl methyl sites for hydroxylation is 3. The second-order valence-corrected chi connectivity index (χ2v) is 12.1. The molecule has 5 rings (SSSR count). The van der Waals surface area contributed by atoms with E-state index in [1.807, 2.05) is 28.6 Å². The predicted molar refractivity (Wildman–Crippen MR) is 156 cm³/mol. The van der Waals surface area contributed by atoms with Gasteiger partial charge in [-0.1, -0.05) is 27.2 Å². The molecule has 1 fully saturated rings. The van der Waals surface area contributed by atoms with Crippen molar-refractivity contribution in [3.63, 3.8) is 0 Å². The molecule has 0 atom stereocenters. The molecule has 13 heteroatoms. The van der Waals surface area contributed by atoms with E-state index < -0.39 is 10.0 Å². The molecule has 1 aliphatic heterocycles. The molecule has 0 saturated carbocycles. The summed E-state index contributed by atoms with van der Waals surface area (Å²) in [6.45, 7) is 10.8. The van der Waals surface area contributed by atoms with E-state index in [0.717, 1.165) is 25.1 Å². The van der Waals surface area contributed by atoms with Crippen LogP contribution in [0.3, 0.4) is 0 Å². The molecule has 12 nitrogen and oxygen atoms in total. The van der Waals surface area contributed by atoms with Crippen molar-refractivity contribution in [3.8, 4) is 17.1 Å². The summed E-state index contributed by atoms with van der Waals surface area (Å²) in [6, 6.07) is 6.66. The van der Waals surface area contributed by atoms with E-state index in [1.54, 1.807) is 24.4 Å². The number of likely N-dealkylation sites (N-methyl/N-ethyl adjacent to an activating group) is 1. The molecule has 0 aliphatic carbocycles. The first-order valence-corrected chi connectivity index (χ1v) is 15.8. The number of hydrogen-bond acceptors (Lipinski definition) is 8. The zero-order chi connectivity index (χ0) is 29.0. The summed E-state index contributed by atoms with van der Waals surface area (Å²) < 4.78 is 38.4. The van der Waals surface area contributed by atoms with Gasteiger partial charge in [0, 0.05) is 38.6 Å². The third-order valence-electron chi connectivity index (χ3n) is 7.37. The lowest BCUT2D eigenvalue weighted by Gasteiger charge is -2.33. The number of H-pyrrole nitrogens is 1. The van der Waals surface area contributed by atoms with E-state index in [1.165, 1.54) is 4.31 Å². The van der Waals surface area contributed by atoms with E-state index in [2.05, 4.69) is 33.9 Å². The predicted octanol–water partition coefficient (Wildman–Crippen LogP) is 2.75. The van der Waals surface area contributed by atoms with Crippen LogP contribution in [0, 0.1) is 0 Å². The molecule has 0 bridgehead atoms. The highest BCUT2D eigenvalue weighted by Crippen LogP contribution is 2.32. The maximum absolute atomic E-state index is 13.6. The van der Waals surface area contributed by atoms with E-state index in [-0.39, 0.29) is 21.8 Å². The highest BCUT2D eigenvalue weighted by atomic mass is 32.2. The Bertz CT molecular complexity index is 1640. The fourth-order valence-corrected chi connectivity index (χ4v) is 6.57. The van der Waals surface area contributed by atoms with Crippen LogP contribution in [0.25, 0.3) is 22.4 Å². The lowest BCUT2D eigenvalue weighted by molar-refractivity contribution is 0.196. The molecule has 4 aromatic rings. The summed E-state index contributed by atoms with van der Waals surface area (Å²) >= 11 is 0. The van der Waals surface area contributed by atoms with Gasteiger partial charge in [0.2, 0.25) is 10.0 Å². The van der Waals surface area contributed by atoms with Crippen molar-refractivity contribution in [2.24, 2.45) is 0 Å². The van der Waals surface area contributed by atoms with Gasteiger partial charge in [0.1, 0.15) is 17.1 Å². The van der Waals surface area contributed by atoms with Crippen LogP contribution in [0.1, 0.15) is 39.3 Å². The third kappa shape index (κ3) is 6.07. The Morgan fingerprint density at radius 3 is 2.51 bits per heavy atom. The number of rotatable bonds is 12. The third-order valence-corrected chi connectivity index (χ3v) is 9.27. The number of aromatic nitrogens is 6. The zero-order valence-corrected chi connectivity index (χ0v) is 24.7. The zero-order valence-electron chi connectivity index (χ0n) is 23.9. The average Bonchev–Trinajstić information content (AvgIpc) is 3.63. The molecule has 220 valence electrons. The van der Waals surface area contributed by atoms with Gasteiger partial charge in [0.25, 0.3) is 5.56 Å². The van der Waals surface area contributed by atoms with Crippen molar-refractivity contribution < 1.29 is 13.2 Å².